The number of allylic oxidation sites excluding steroid dienone is 8. The first-order valence-corrected chi connectivity index (χ1v) is 30.1. The number of carbonyl (C=O) groups excluding carboxylic acids is 3. The summed E-state index contributed by atoms with van der Waals surface area (Å²) < 4.78 is 16.8. The molecule has 6 heteroatoms. The van der Waals surface area contributed by atoms with Crippen LogP contribution < -0.4 is 0 Å². The highest BCUT2D eigenvalue weighted by atomic mass is 16.6. The zero-order valence-electron chi connectivity index (χ0n) is 46.1. The zero-order valence-corrected chi connectivity index (χ0v) is 46.1. The molecule has 0 fully saturated rings. The van der Waals surface area contributed by atoms with Crippen LogP contribution in [0.1, 0.15) is 316 Å². The van der Waals surface area contributed by atoms with Gasteiger partial charge in [-0.2, -0.15) is 0 Å². The Morgan fingerprint density at radius 3 is 0.884 bits per heavy atom. The molecule has 0 N–H and O–H groups in total. The van der Waals surface area contributed by atoms with Crippen molar-refractivity contribution in [2.24, 2.45) is 0 Å². The van der Waals surface area contributed by atoms with Crippen LogP contribution in [0.2, 0.25) is 0 Å². The van der Waals surface area contributed by atoms with E-state index in [1.165, 1.54) is 180 Å². The molecule has 0 saturated carbocycles. The van der Waals surface area contributed by atoms with Crippen molar-refractivity contribution >= 4 is 17.9 Å². The molecule has 0 aliphatic rings. The van der Waals surface area contributed by atoms with E-state index in [1.54, 1.807) is 0 Å². The molecular weight excluding hydrogens is 853 g/mol. The molecule has 69 heavy (non-hydrogen) atoms. The second-order valence-corrected chi connectivity index (χ2v) is 20.2. The zero-order chi connectivity index (χ0) is 50.0. The highest BCUT2D eigenvalue weighted by Crippen LogP contribution is 2.17. The number of carbonyl (C=O) groups is 3. The Morgan fingerprint density at radius 1 is 0.304 bits per heavy atom. The number of esters is 3. The molecule has 0 aromatic heterocycles. The highest BCUT2D eigenvalue weighted by molar-refractivity contribution is 5.71. The summed E-state index contributed by atoms with van der Waals surface area (Å²) in [6.45, 7) is 6.51. The molecule has 0 bridgehead atoms. The lowest BCUT2D eigenvalue weighted by atomic mass is 10.0. The topological polar surface area (TPSA) is 78.9 Å². The summed E-state index contributed by atoms with van der Waals surface area (Å²) in [5.41, 5.74) is 0. The van der Waals surface area contributed by atoms with Gasteiger partial charge in [0.1, 0.15) is 13.2 Å². The minimum Gasteiger partial charge on any atom is -0.462 e. The fourth-order valence-corrected chi connectivity index (χ4v) is 8.85. The van der Waals surface area contributed by atoms with Crippen LogP contribution in [0.15, 0.2) is 48.6 Å². The Labute approximate surface area is 428 Å². The minimum atomic E-state index is -0.776. The van der Waals surface area contributed by atoms with Gasteiger partial charge in [0.2, 0.25) is 0 Å². The molecule has 0 aliphatic carbocycles. The minimum absolute atomic E-state index is 0.0754. The first kappa shape index (κ1) is 66.4. The Balaban J connectivity index is 4.12. The normalized spacial score (nSPS) is 12.3. The fourth-order valence-electron chi connectivity index (χ4n) is 8.85. The lowest BCUT2D eigenvalue weighted by molar-refractivity contribution is -0.167. The molecule has 0 heterocycles. The van der Waals surface area contributed by atoms with Gasteiger partial charge in [0, 0.05) is 19.3 Å². The van der Waals surface area contributed by atoms with E-state index in [4.69, 9.17) is 14.2 Å². The van der Waals surface area contributed by atoms with Crippen molar-refractivity contribution in [2.75, 3.05) is 13.2 Å². The first-order valence-electron chi connectivity index (χ1n) is 30.1. The average molecular weight is 968 g/mol. The quantitative estimate of drug-likeness (QED) is 0.0262. The Bertz CT molecular complexity index is 1200. The number of hydrogen-bond acceptors (Lipinski definition) is 6. The largest absolute Gasteiger partial charge is 0.462 e. The van der Waals surface area contributed by atoms with Crippen molar-refractivity contribution in [3.05, 3.63) is 48.6 Å². The molecule has 0 aromatic rings. The van der Waals surface area contributed by atoms with Crippen LogP contribution in [0.4, 0.5) is 0 Å². The van der Waals surface area contributed by atoms with Crippen molar-refractivity contribution in [2.45, 2.75) is 322 Å². The molecule has 0 spiro atoms. The third kappa shape index (κ3) is 56.2. The first-order chi connectivity index (χ1) is 34.0. The van der Waals surface area contributed by atoms with Crippen LogP contribution in [-0.4, -0.2) is 37.2 Å². The SMILES string of the molecule is CC/C=C\C/C=C\C/C=C\C/C=C\CCCCCCCCC(=O)OC(COC(=O)CCCCCCCCC)COC(=O)CCCCCCCCCCCCCCCCCCCCCCCCCCC. The number of unbranched alkanes of at least 4 members (excludes halogenated alkanes) is 36. The molecule has 6 nitrogen and oxygen atoms in total. The predicted octanol–water partition coefficient (Wildman–Crippen LogP) is 20.2. The van der Waals surface area contributed by atoms with Crippen molar-refractivity contribution in [1.82, 2.24) is 0 Å². The third-order valence-corrected chi connectivity index (χ3v) is 13.3. The monoisotopic (exact) mass is 967 g/mol. The third-order valence-electron chi connectivity index (χ3n) is 13.3. The lowest BCUT2D eigenvalue weighted by Gasteiger charge is -2.18. The van der Waals surface area contributed by atoms with Gasteiger partial charge in [0.15, 0.2) is 6.10 Å². The van der Waals surface area contributed by atoms with E-state index in [9.17, 15) is 14.4 Å². The molecule has 0 radical (unpaired) electrons. The lowest BCUT2D eigenvalue weighted by Crippen LogP contribution is -2.30. The summed E-state index contributed by atoms with van der Waals surface area (Å²) in [6, 6.07) is 0. The van der Waals surface area contributed by atoms with E-state index in [-0.39, 0.29) is 31.1 Å². The van der Waals surface area contributed by atoms with E-state index in [0.717, 1.165) is 96.3 Å². The van der Waals surface area contributed by atoms with Crippen LogP contribution in [0.25, 0.3) is 0 Å². The maximum atomic E-state index is 12.8. The molecule has 402 valence electrons. The molecular formula is C63H114O6. The maximum Gasteiger partial charge on any atom is 0.306 e. The van der Waals surface area contributed by atoms with Crippen LogP contribution in [0.5, 0.6) is 0 Å². The van der Waals surface area contributed by atoms with Crippen molar-refractivity contribution in [3.63, 3.8) is 0 Å². The van der Waals surface area contributed by atoms with Gasteiger partial charge in [-0.25, -0.2) is 0 Å². The summed E-state index contributed by atoms with van der Waals surface area (Å²) in [5, 5.41) is 0. The maximum absolute atomic E-state index is 12.8. The van der Waals surface area contributed by atoms with Crippen molar-refractivity contribution in [3.8, 4) is 0 Å². The summed E-state index contributed by atoms with van der Waals surface area (Å²) in [4.78, 5) is 38.0. The number of hydrogen-bond donors (Lipinski definition) is 0. The van der Waals surface area contributed by atoms with Crippen molar-refractivity contribution in [1.29, 1.82) is 0 Å². The van der Waals surface area contributed by atoms with Gasteiger partial charge in [-0.1, -0.05) is 288 Å². The molecule has 0 rings (SSSR count). The van der Waals surface area contributed by atoms with Gasteiger partial charge in [0.25, 0.3) is 0 Å². The van der Waals surface area contributed by atoms with Gasteiger partial charge in [-0.3, -0.25) is 14.4 Å². The van der Waals surface area contributed by atoms with E-state index in [2.05, 4.69) is 69.4 Å². The fraction of sp³-hybridized carbons (Fsp3) is 0.825. The Morgan fingerprint density at radius 2 is 0.565 bits per heavy atom. The molecule has 1 atom stereocenters. The second kappa shape index (κ2) is 57.9. The molecule has 0 amide bonds. The van der Waals surface area contributed by atoms with Gasteiger partial charge in [-0.05, 0) is 57.8 Å². The summed E-state index contributed by atoms with van der Waals surface area (Å²) in [7, 11) is 0. The Kier molecular flexibility index (Phi) is 55.7. The summed E-state index contributed by atoms with van der Waals surface area (Å²) in [5.74, 6) is -0.881. The van der Waals surface area contributed by atoms with Crippen LogP contribution in [0, 0.1) is 0 Å². The smallest absolute Gasteiger partial charge is 0.306 e. The van der Waals surface area contributed by atoms with Crippen LogP contribution in [-0.2, 0) is 28.6 Å². The molecule has 0 saturated heterocycles. The average Bonchev–Trinajstić information content (AvgIpc) is 3.35. The van der Waals surface area contributed by atoms with E-state index in [1.807, 2.05) is 0 Å². The summed E-state index contributed by atoms with van der Waals surface area (Å²) in [6.07, 6.45) is 71.4. The Hall–Kier alpha value is -2.63. The summed E-state index contributed by atoms with van der Waals surface area (Å²) >= 11 is 0. The van der Waals surface area contributed by atoms with Gasteiger partial charge >= 0.3 is 17.9 Å². The van der Waals surface area contributed by atoms with Crippen molar-refractivity contribution < 1.29 is 28.6 Å². The predicted molar refractivity (Wildman–Crippen MR) is 298 cm³/mol. The highest BCUT2D eigenvalue weighted by Gasteiger charge is 2.19. The van der Waals surface area contributed by atoms with Gasteiger partial charge in [-0.15, -0.1) is 0 Å². The van der Waals surface area contributed by atoms with Gasteiger partial charge in [0.05, 0.1) is 0 Å². The molecule has 0 aliphatic heterocycles. The standard InChI is InChI=1S/C63H114O6/c1-4-7-10-13-16-18-20-22-24-26-28-29-30-31-32-33-35-36-38-40-42-44-47-50-53-56-62(65)68-59-60(58-67-61(64)55-52-49-46-15-12-9-6-3)69-63(66)57-54-51-48-45-43-41-39-37-34-27-25-23-21-19-17-14-11-8-5-2/h8,11,17,19,23,25,34,37,60H,4-7,9-10,12-16,18,20-22,24,26-33,35-36,38-59H2,1-3H3/b11-8-,19-17-,25-23-,37-34-. The number of ether oxygens (including phenoxy) is 3. The van der Waals surface area contributed by atoms with E-state index < -0.39 is 6.10 Å². The molecule has 1 unspecified atom stereocenters. The van der Waals surface area contributed by atoms with E-state index in [0.29, 0.717) is 19.3 Å². The van der Waals surface area contributed by atoms with Gasteiger partial charge < -0.3 is 14.2 Å². The molecule has 0 aromatic carbocycles. The number of rotatable bonds is 55. The van der Waals surface area contributed by atoms with Crippen LogP contribution >= 0.6 is 0 Å². The van der Waals surface area contributed by atoms with E-state index >= 15 is 0 Å². The second-order valence-electron chi connectivity index (χ2n) is 20.2. The van der Waals surface area contributed by atoms with Crippen LogP contribution in [0.3, 0.4) is 0 Å².